The van der Waals surface area contributed by atoms with Crippen molar-refractivity contribution in [1.29, 1.82) is 5.26 Å². The van der Waals surface area contributed by atoms with Gasteiger partial charge in [-0.1, -0.05) is 55.8 Å². The number of quaternary nitrogens is 1. The Labute approximate surface area is 601 Å². The van der Waals surface area contributed by atoms with Gasteiger partial charge in [0.15, 0.2) is 0 Å². The molecule has 0 fully saturated rings. The van der Waals surface area contributed by atoms with Crippen molar-refractivity contribution in [1.82, 2.24) is 35.3 Å². The average molecular weight is 1450 g/mol. The lowest BCUT2D eigenvalue weighted by Crippen LogP contribution is -2.54. The van der Waals surface area contributed by atoms with Gasteiger partial charge >= 0.3 is 24.1 Å². The monoisotopic (exact) mass is 1450 g/mol. The number of amides is 7. The van der Waals surface area contributed by atoms with Crippen LogP contribution in [-0.2, 0) is 83.1 Å². The molecule has 3 heterocycles. The van der Waals surface area contributed by atoms with Gasteiger partial charge in [0, 0.05) is 103 Å². The van der Waals surface area contributed by atoms with Crippen molar-refractivity contribution >= 4 is 76.2 Å². The molecule has 1 unspecified atom stereocenters. The lowest BCUT2D eigenvalue weighted by Gasteiger charge is -2.41. The number of nitrogens with one attached hydrogen (secondary N) is 5. The molecule has 0 spiro atoms. The Bertz CT molecular complexity index is 4060. The molecule has 554 valence electrons. The van der Waals surface area contributed by atoms with Crippen LogP contribution in [0.25, 0.3) is 11.3 Å². The summed E-state index contributed by atoms with van der Waals surface area (Å²) in [5, 5.41) is 43.1. The fraction of sp³-hybridized carbons (Fsp3) is 0.438. The van der Waals surface area contributed by atoms with Crippen molar-refractivity contribution in [2.75, 3.05) is 77.5 Å². The van der Waals surface area contributed by atoms with Gasteiger partial charge in [0.1, 0.15) is 36.1 Å². The van der Waals surface area contributed by atoms with E-state index in [9.17, 15) is 52.3 Å². The average Bonchev–Trinajstić information content (AvgIpc) is 1.64. The number of nitrogens with two attached hydrogens (primary N) is 1. The predicted octanol–water partition coefficient (Wildman–Crippen LogP) is 8.56. The number of alkyl halides is 3. The van der Waals surface area contributed by atoms with Crippen LogP contribution in [0.1, 0.15) is 112 Å². The molecule has 0 radical (unpaired) electrons. The summed E-state index contributed by atoms with van der Waals surface area (Å²) >= 11 is 6.76. The van der Waals surface area contributed by atoms with Crippen molar-refractivity contribution in [3.63, 3.8) is 0 Å². The van der Waals surface area contributed by atoms with Gasteiger partial charge in [-0.15, -0.1) is 0 Å². The van der Waals surface area contributed by atoms with Gasteiger partial charge < -0.3 is 75.5 Å². The maximum absolute atomic E-state index is 15.6. The third-order valence-corrected chi connectivity index (χ3v) is 18.2. The highest BCUT2D eigenvalue weighted by Gasteiger charge is 2.46. The number of nitriles is 1. The van der Waals surface area contributed by atoms with E-state index in [4.69, 9.17) is 41.4 Å². The number of hydrogen-bond donors (Lipinski definition) is 8. The van der Waals surface area contributed by atoms with Gasteiger partial charge in [0.2, 0.25) is 23.9 Å². The molecule has 7 amide bonds. The number of esters is 1. The number of primary amides is 1. The smallest absolute Gasteiger partial charge is 0.491 e. The molecule has 0 saturated heterocycles. The van der Waals surface area contributed by atoms with E-state index in [-0.39, 0.29) is 143 Å². The molecular weight excluding hydrogens is 1360 g/mol. The molecular formula is C73H91ClF3N12O14+. The Kier molecular flexibility index (Phi) is 28.8. The third-order valence-electron chi connectivity index (χ3n) is 18.0. The van der Waals surface area contributed by atoms with Gasteiger partial charge in [-0.2, -0.15) is 18.4 Å². The Morgan fingerprint density at radius 3 is 2.08 bits per heavy atom. The Morgan fingerprint density at radius 1 is 0.796 bits per heavy atom. The summed E-state index contributed by atoms with van der Waals surface area (Å²) in [6.45, 7) is 8.08. The van der Waals surface area contributed by atoms with Gasteiger partial charge in [-0.25, -0.2) is 9.59 Å². The van der Waals surface area contributed by atoms with Gasteiger partial charge in [-0.05, 0) is 136 Å². The predicted molar refractivity (Wildman–Crippen MR) is 378 cm³/mol. The van der Waals surface area contributed by atoms with Gasteiger partial charge in [0.25, 0.3) is 11.8 Å². The number of aliphatic carboxylic acids is 1. The molecule has 0 saturated carbocycles. The highest BCUT2D eigenvalue weighted by atomic mass is 35.5. The third kappa shape index (κ3) is 21.9. The zero-order chi connectivity index (χ0) is 75.5. The fourth-order valence-corrected chi connectivity index (χ4v) is 12.4. The number of carbonyl (C=O) groups is 8. The van der Waals surface area contributed by atoms with E-state index in [0.717, 1.165) is 11.1 Å². The topological polar surface area (TPSA) is 340 Å². The molecule has 4 atom stereocenters. The number of benzene rings is 4. The molecule has 30 heteroatoms. The molecule has 26 nitrogen and oxygen atoms in total. The zero-order valence-electron chi connectivity index (χ0n) is 59.2. The van der Waals surface area contributed by atoms with Crippen LogP contribution in [0, 0.1) is 31.1 Å². The van der Waals surface area contributed by atoms with E-state index in [2.05, 4.69) is 32.7 Å². The maximum Gasteiger partial charge on any atom is 0.491 e. The number of carboxylic acid groups (broad SMARTS) is 1. The number of anilines is 3. The Balaban J connectivity index is 1.11. The van der Waals surface area contributed by atoms with Crippen LogP contribution in [0.15, 0.2) is 97.1 Å². The van der Waals surface area contributed by atoms with Crippen molar-refractivity contribution in [3.8, 4) is 23.1 Å². The highest BCUT2D eigenvalue weighted by Crippen LogP contribution is 2.39. The molecule has 0 aliphatic carbocycles. The van der Waals surface area contributed by atoms with E-state index in [0.29, 0.717) is 50.8 Å². The van der Waals surface area contributed by atoms with E-state index in [1.807, 2.05) is 24.3 Å². The number of nitrogens with zero attached hydrogens (tertiary/aromatic N) is 6. The minimum atomic E-state index is -5.38. The number of carbonyl (C=O) groups excluding carboxylic acids is 7. The minimum absolute atomic E-state index is 0.000279. The van der Waals surface area contributed by atoms with E-state index < -0.39 is 84.0 Å². The molecule has 103 heavy (non-hydrogen) atoms. The Morgan fingerprint density at radius 2 is 1.46 bits per heavy atom. The largest absolute Gasteiger partial charge is 0.508 e. The standard InChI is InChI=1S/C73H90ClF3N12O14/c1-44(2)66(84-63(91)26-29-100-31-33-102-34-32-101-30-27-65(92)93)68(95)83-60(15-12-28-81-72(79)99)67(94)82-52-18-16-49(50(35-52)41-80-5)43-89(8,9)64(103-71(98)73(75,76)77)25-21-54-36-47-13-10-11-14-48(47)42-87(54)69(96)57-24-17-51(74)37-59(57)62-39-58(45(3)86(62)7)70(97)88(53-19-22-56(90)23-20-53)61-38-55(40-78)85(6)46(61)4/h10-11,13-14,16-20,22-24,35,37-39,44,54,60,64,66,80H,12,15,21,25-34,36,41-43H2,1-9H3,(H7-,79,81,82,83,84,90,91,92,93,94,95,99)/p+1/t54-,60+,64?,66+/m1/s1. The van der Waals surface area contributed by atoms with Crippen LogP contribution in [0.5, 0.6) is 5.75 Å². The first-order valence-electron chi connectivity index (χ1n) is 33.6. The number of carboxylic acids is 1. The quantitative estimate of drug-likeness (QED) is 0.00790. The summed E-state index contributed by atoms with van der Waals surface area (Å²) in [4.78, 5) is 110. The first-order valence-corrected chi connectivity index (χ1v) is 34.0. The zero-order valence-corrected chi connectivity index (χ0v) is 60.0. The van der Waals surface area contributed by atoms with E-state index in [1.165, 1.54) is 17.0 Å². The van der Waals surface area contributed by atoms with Crippen LogP contribution >= 0.6 is 11.6 Å². The van der Waals surface area contributed by atoms with Crippen molar-refractivity contribution in [2.24, 2.45) is 25.7 Å². The lowest BCUT2D eigenvalue weighted by atomic mass is 9.90. The number of phenolic OH excluding ortho intramolecular Hbond substituents is 1. The normalized spacial score (nSPS) is 13.8. The first kappa shape index (κ1) is 80.5. The first-order chi connectivity index (χ1) is 48.8. The van der Waals surface area contributed by atoms with Crippen molar-refractivity contribution in [2.45, 2.75) is 123 Å². The summed E-state index contributed by atoms with van der Waals surface area (Å²) in [5.41, 5.74) is 12.0. The van der Waals surface area contributed by atoms with Crippen LogP contribution < -0.4 is 37.2 Å². The van der Waals surface area contributed by atoms with Crippen LogP contribution in [0.4, 0.5) is 35.0 Å². The van der Waals surface area contributed by atoms with Crippen LogP contribution in [-0.4, -0.2) is 174 Å². The second kappa shape index (κ2) is 36.9. The van der Waals surface area contributed by atoms with Gasteiger partial charge in [0.05, 0.1) is 71.4 Å². The molecule has 7 rings (SSSR count). The summed E-state index contributed by atoms with van der Waals surface area (Å²) in [6.07, 6.45) is -6.73. The molecule has 2 aromatic heterocycles. The number of aromatic nitrogens is 2. The fourth-order valence-electron chi connectivity index (χ4n) is 12.2. The number of fused-ring (bicyclic) bond motifs is 1. The molecule has 9 N–H and O–H groups in total. The van der Waals surface area contributed by atoms with Crippen LogP contribution in [0.3, 0.4) is 0 Å². The van der Waals surface area contributed by atoms with E-state index >= 15 is 9.59 Å². The maximum atomic E-state index is 15.6. The van der Waals surface area contributed by atoms with Crippen molar-refractivity contribution < 1.29 is 85.2 Å². The number of aromatic hydroxyl groups is 1. The van der Waals surface area contributed by atoms with Crippen molar-refractivity contribution in [3.05, 3.63) is 153 Å². The lowest BCUT2D eigenvalue weighted by molar-refractivity contribution is -0.947. The number of hydrogen-bond acceptors (Lipinski definition) is 15. The van der Waals surface area contributed by atoms with Gasteiger partial charge in [-0.3, -0.25) is 38.2 Å². The molecule has 4 aromatic carbocycles. The summed E-state index contributed by atoms with van der Waals surface area (Å²) in [5.74, 6) is -6.62. The molecule has 0 bridgehead atoms. The van der Waals surface area contributed by atoms with E-state index in [1.54, 1.807) is 138 Å². The highest BCUT2D eigenvalue weighted by molar-refractivity contribution is 6.31. The number of urea groups is 1. The summed E-state index contributed by atoms with van der Waals surface area (Å²) in [7, 11) is 8.36. The van der Waals surface area contributed by atoms with Crippen LogP contribution in [0.2, 0.25) is 5.02 Å². The SMILES string of the molecule is CNCc1cc(NC(=O)[C@H](CCCNC(N)=O)NC(=O)[C@@H](NC(=O)CCOCCOCCOCCC(=O)O)C(C)C)ccc1C[N+](C)(C)C(CC[C@@H]1Cc2ccccc2CN1C(=O)c1ccc(Cl)cc1-c1cc(C(=O)N(c2ccc(O)cc2)c2cc(C#N)n(C)c2C)c(C)n1C)OC(=O)C(F)(F)F. The molecule has 6 aromatic rings. The number of halogens is 4. The molecule has 1 aliphatic heterocycles. The summed E-state index contributed by atoms with van der Waals surface area (Å²) in [6, 6.07) is 24.9. The number of rotatable bonds is 36. The minimum Gasteiger partial charge on any atom is -0.508 e. The molecule has 1 aliphatic rings. The number of phenols is 1. The summed E-state index contributed by atoms with van der Waals surface area (Å²) < 4.78 is 67.8. The number of ether oxygens (including phenoxy) is 4. The Hall–Kier alpha value is -9.83. The second-order valence-electron chi connectivity index (χ2n) is 26.1. The second-order valence-corrected chi connectivity index (χ2v) is 26.5.